The summed E-state index contributed by atoms with van der Waals surface area (Å²) in [5.41, 5.74) is 0.324. The van der Waals surface area contributed by atoms with Crippen LogP contribution in [-0.2, 0) is 17.1 Å². The molecule has 0 fully saturated rings. The molecule has 0 aliphatic carbocycles. The smallest absolute Gasteiger partial charge is 0.356 e. The Morgan fingerprint density at radius 3 is 2.43 bits per heavy atom. The Bertz CT molecular complexity index is 1370. The van der Waals surface area contributed by atoms with Crippen molar-refractivity contribution in [2.75, 3.05) is 5.32 Å². The van der Waals surface area contributed by atoms with Crippen molar-refractivity contribution in [2.24, 2.45) is 7.05 Å². The number of carbonyl (C=O) groups excluding carboxylic acids is 1. The van der Waals surface area contributed by atoms with E-state index in [1.807, 2.05) is 6.92 Å². The Morgan fingerprint density at radius 2 is 1.86 bits per heavy atom. The van der Waals surface area contributed by atoms with Gasteiger partial charge in [-0.25, -0.2) is 27.0 Å². The molecule has 3 N–H and O–H groups in total. The van der Waals surface area contributed by atoms with Crippen LogP contribution in [0.5, 0.6) is 11.6 Å². The van der Waals surface area contributed by atoms with E-state index >= 15 is 0 Å². The van der Waals surface area contributed by atoms with Crippen LogP contribution in [0.25, 0.3) is 0 Å². The standard InChI is InChI=1S/C23H25FN4O6S/c1-5-13(2)27-35(32,33)19-12-17(25-21(29)15-6-8-16(24)9-7-15)10-11-18(19)34-22-14(3)20(23(30)31)26-28(22)4/h6-13,27H,5H2,1-4H3,(H,25,29)(H,30,31). The van der Waals surface area contributed by atoms with Gasteiger partial charge < -0.3 is 15.2 Å². The normalized spacial score (nSPS) is 12.3. The molecule has 1 heterocycles. The van der Waals surface area contributed by atoms with Crippen molar-refractivity contribution < 1.29 is 32.2 Å². The van der Waals surface area contributed by atoms with Gasteiger partial charge in [-0.1, -0.05) is 6.92 Å². The van der Waals surface area contributed by atoms with Gasteiger partial charge in [0, 0.05) is 29.9 Å². The van der Waals surface area contributed by atoms with Gasteiger partial charge >= 0.3 is 5.97 Å². The first kappa shape index (κ1) is 25.8. The van der Waals surface area contributed by atoms with Crippen LogP contribution in [0, 0.1) is 12.7 Å². The number of aromatic nitrogens is 2. The highest BCUT2D eigenvalue weighted by Crippen LogP contribution is 2.34. The number of rotatable bonds is 9. The molecule has 0 saturated carbocycles. The molecule has 1 aromatic heterocycles. The Kier molecular flexibility index (Phi) is 7.56. The van der Waals surface area contributed by atoms with Gasteiger partial charge in [0.2, 0.25) is 15.9 Å². The first-order chi connectivity index (χ1) is 16.4. The number of carboxylic acids is 1. The molecule has 0 aliphatic heterocycles. The zero-order valence-electron chi connectivity index (χ0n) is 19.5. The Hall–Kier alpha value is -3.77. The minimum Gasteiger partial charge on any atom is -0.476 e. The molecular weight excluding hydrogens is 479 g/mol. The van der Waals surface area contributed by atoms with Gasteiger partial charge in [-0.3, -0.25) is 4.79 Å². The summed E-state index contributed by atoms with van der Waals surface area (Å²) in [5.74, 6) is -2.36. The van der Waals surface area contributed by atoms with Crippen molar-refractivity contribution in [2.45, 2.75) is 38.1 Å². The first-order valence-corrected chi connectivity index (χ1v) is 12.1. The number of hydrogen-bond donors (Lipinski definition) is 3. The summed E-state index contributed by atoms with van der Waals surface area (Å²) in [6.45, 7) is 5.01. The number of nitrogens with zero attached hydrogens (tertiary/aromatic N) is 2. The van der Waals surface area contributed by atoms with E-state index in [2.05, 4.69) is 15.1 Å². The SMILES string of the molecule is CCC(C)NS(=O)(=O)c1cc(NC(=O)c2ccc(F)cc2)ccc1Oc1c(C)c(C(=O)O)nn1C. The third-order valence-corrected chi connectivity index (χ3v) is 6.81. The van der Waals surface area contributed by atoms with Gasteiger partial charge in [0.1, 0.15) is 16.5 Å². The van der Waals surface area contributed by atoms with E-state index in [1.54, 1.807) is 6.92 Å². The summed E-state index contributed by atoms with van der Waals surface area (Å²) >= 11 is 0. The first-order valence-electron chi connectivity index (χ1n) is 10.6. The highest BCUT2D eigenvalue weighted by Gasteiger charge is 2.26. The molecule has 0 spiro atoms. The van der Waals surface area contributed by atoms with Crippen LogP contribution in [0.1, 0.15) is 46.7 Å². The Labute approximate surface area is 201 Å². The number of aromatic carboxylic acids is 1. The van der Waals surface area contributed by atoms with Crippen LogP contribution in [0.15, 0.2) is 47.4 Å². The van der Waals surface area contributed by atoms with Crippen LogP contribution in [0.3, 0.4) is 0 Å². The molecule has 0 aliphatic rings. The molecule has 10 nitrogen and oxygen atoms in total. The Balaban J connectivity index is 2.03. The lowest BCUT2D eigenvalue weighted by atomic mass is 10.2. The molecule has 35 heavy (non-hydrogen) atoms. The fourth-order valence-electron chi connectivity index (χ4n) is 3.16. The molecule has 3 rings (SSSR count). The number of ether oxygens (including phenoxy) is 1. The highest BCUT2D eigenvalue weighted by atomic mass is 32.2. The van der Waals surface area contributed by atoms with Crippen molar-refractivity contribution in [3.05, 3.63) is 65.1 Å². The van der Waals surface area contributed by atoms with E-state index < -0.39 is 27.7 Å². The molecular formula is C23H25FN4O6S. The van der Waals surface area contributed by atoms with E-state index in [1.165, 1.54) is 49.0 Å². The van der Waals surface area contributed by atoms with Gasteiger partial charge in [-0.05, 0) is 62.7 Å². The maximum Gasteiger partial charge on any atom is 0.356 e. The molecule has 186 valence electrons. The van der Waals surface area contributed by atoms with Crippen LogP contribution < -0.4 is 14.8 Å². The molecule has 0 bridgehead atoms. The fourth-order valence-corrected chi connectivity index (χ4v) is 4.64. The van der Waals surface area contributed by atoms with Gasteiger partial charge in [0.05, 0.1) is 0 Å². The summed E-state index contributed by atoms with van der Waals surface area (Å²) < 4.78 is 49.1. The lowest BCUT2D eigenvalue weighted by Gasteiger charge is -2.17. The number of nitrogens with one attached hydrogen (secondary N) is 2. The molecule has 1 atom stereocenters. The molecule has 0 saturated heterocycles. The summed E-state index contributed by atoms with van der Waals surface area (Å²) in [4.78, 5) is 23.7. The summed E-state index contributed by atoms with van der Waals surface area (Å²) in [6, 6.07) is 8.50. The number of sulfonamides is 1. The number of benzene rings is 2. The van der Waals surface area contributed by atoms with Gasteiger partial charge in [0.15, 0.2) is 5.69 Å². The van der Waals surface area contributed by atoms with E-state index in [4.69, 9.17) is 4.74 Å². The van der Waals surface area contributed by atoms with Crippen LogP contribution in [-0.4, -0.2) is 41.2 Å². The topological polar surface area (TPSA) is 140 Å². The van der Waals surface area contributed by atoms with Crippen LogP contribution >= 0.6 is 0 Å². The fraction of sp³-hybridized carbons (Fsp3) is 0.261. The third kappa shape index (κ3) is 5.84. The molecule has 12 heteroatoms. The molecule has 3 aromatic rings. The van der Waals surface area contributed by atoms with E-state index in [9.17, 15) is 27.5 Å². The van der Waals surface area contributed by atoms with Crippen LogP contribution in [0.4, 0.5) is 10.1 Å². The van der Waals surface area contributed by atoms with Gasteiger partial charge in [0.25, 0.3) is 5.91 Å². The number of halogens is 1. The largest absolute Gasteiger partial charge is 0.476 e. The zero-order chi connectivity index (χ0) is 25.9. The van der Waals surface area contributed by atoms with E-state index in [0.717, 1.165) is 12.1 Å². The zero-order valence-corrected chi connectivity index (χ0v) is 20.3. The predicted molar refractivity (Wildman–Crippen MR) is 126 cm³/mol. The van der Waals surface area contributed by atoms with Crippen molar-refractivity contribution in [3.8, 4) is 11.6 Å². The van der Waals surface area contributed by atoms with Gasteiger partial charge in [-0.15, -0.1) is 0 Å². The molecule has 2 aromatic carbocycles. The number of carbonyl (C=O) groups is 2. The molecule has 1 unspecified atom stereocenters. The lowest BCUT2D eigenvalue weighted by Crippen LogP contribution is -2.32. The molecule has 0 radical (unpaired) electrons. The second-order valence-corrected chi connectivity index (χ2v) is 9.55. The summed E-state index contributed by atoms with van der Waals surface area (Å²) in [7, 11) is -2.64. The average Bonchev–Trinajstić information content (AvgIpc) is 3.08. The van der Waals surface area contributed by atoms with Crippen molar-refractivity contribution in [1.29, 1.82) is 0 Å². The number of amides is 1. The minimum atomic E-state index is -4.11. The second-order valence-electron chi connectivity index (χ2n) is 7.86. The van der Waals surface area contributed by atoms with E-state index in [-0.39, 0.29) is 45.1 Å². The summed E-state index contributed by atoms with van der Waals surface area (Å²) in [5, 5.41) is 15.8. The maximum absolute atomic E-state index is 13.2. The minimum absolute atomic E-state index is 0.0467. The number of anilines is 1. The Morgan fingerprint density at radius 1 is 1.20 bits per heavy atom. The average molecular weight is 505 g/mol. The van der Waals surface area contributed by atoms with Crippen LogP contribution in [0.2, 0.25) is 0 Å². The number of carboxylic acid groups (broad SMARTS) is 1. The van der Waals surface area contributed by atoms with E-state index in [0.29, 0.717) is 6.42 Å². The monoisotopic (exact) mass is 504 g/mol. The predicted octanol–water partition coefficient (Wildman–Crippen LogP) is 3.69. The van der Waals surface area contributed by atoms with Crippen molar-refractivity contribution in [3.63, 3.8) is 0 Å². The van der Waals surface area contributed by atoms with Crippen molar-refractivity contribution in [1.82, 2.24) is 14.5 Å². The highest BCUT2D eigenvalue weighted by molar-refractivity contribution is 7.89. The van der Waals surface area contributed by atoms with Gasteiger partial charge in [-0.2, -0.15) is 5.10 Å². The second kappa shape index (κ2) is 10.2. The summed E-state index contributed by atoms with van der Waals surface area (Å²) in [6.07, 6.45) is 0.527. The van der Waals surface area contributed by atoms with Crippen molar-refractivity contribution >= 4 is 27.6 Å². The molecule has 1 amide bonds. The quantitative estimate of drug-likeness (QED) is 0.404. The maximum atomic E-state index is 13.2. The lowest BCUT2D eigenvalue weighted by molar-refractivity contribution is 0.0688. The number of hydrogen-bond acceptors (Lipinski definition) is 6. The third-order valence-electron chi connectivity index (χ3n) is 5.20. The number of aryl methyl sites for hydroxylation is 1.